The molecular weight excluding hydrogens is 436 g/mol. The number of aromatic amines is 1. The maximum atomic E-state index is 3.53. The van der Waals surface area contributed by atoms with Crippen molar-refractivity contribution < 1.29 is 0 Å². The van der Waals surface area contributed by atoms with Gasteiger partial charge in [-0.3, -0.25) is 0 Å². The molecule has 0 aliphatic carbocycles. The molecule has 0 atom stereocenters. The summed E-state index contributed by atoms with van der Waals surface area (Å²) in [5.41, 5.74) is 8.46. The maximum Gasteiger partial charge on any atom is 0.0547 e. The van der Waals surface area contributed by atoms with Gasteiger partial charge in [-0.1, -0.05) is 100 Å². The minimum Gasteiger partial charge on any atom is -0.355 e. The molecule has 7 rings (SSSR count). The molecule has 0 radical (unpaired) electrons. The quantitative estimate of drug-likeness (QED) is 0.260. The van der Waals surface area contributed by atoms with Gasteiger partial charge in [0.15, 0.2) is 0 Å². The first kappa shape index (κ1) is 23.4. The monoisotopic (exact) mass is 468 g/mol. The predicted octanol–water partition coefficient (Wildman–Crippen LogP) is 10.1. The SMILES string of the molecule is CC.CC.c1ccc(-n2c3ccccc3c3ccc(-c4ccc5[nH]c6ccccc6c5c4)cc32)cc1. The lowest BCUT2D eigenvalue weighted by molar-refractivity contribution is 1.18. The molecule has 36 heavy (non-hydrogen) atoms. The van der Waals surface area contributed by atoms with Gasteiger partial charge in [0, 0.05) is 38.3 Å². The summed E-state index contributed by atoms with van der Waals surface area (Å²) in [6, 6.07) is 41.4. The van der Waals surface area contributed by atoms with Gasteiger partial charge < -0.3 is 9.55 Å². The van der Waals surface area contributed by atoms with Crippen molar-refractivity contribution in [2.24, 2.45) is 0 Å². The lowest BCUT2D eigenvalue weighted by atomic mass is 10.0. The van der Waals surface area contributed by atoms with Gasteiger partial charge in [0.05, 0.1) is 11.0 Å². The topological polar surface area (TPSA) is 20.7 Å². The first-order valence-corrected chi connectivity index (χ1v) is 13.0. The summed E-state index contributed by atoms with van der Waals surface area (Å²) in [7, 11) is 0. The first-order valence-electron chi connectivity index (χ1n) is 13.0. The van der Waals surface area contributed by atoms with E-state index in [1.807, 2.05) is 27.7 Å². The molecule has 0 spiro atoms. The van der Waals surface area contributed by atoms with Crippen LogP contribution in [0.15, 0.2) is 115 Å². The van der Waals surface area contributed by atoms with E-state index in [0.29, 0.717) is 0 Å². The number of hydrogen-bond acceptors (Lipinski definition) is 0. The van der Waals surface area contributed by atoms with E-state index in [2.05, 4.69) is 125 Å². The molecule has 2 heteroatoms. The van der Waals surface area contributed by atoms with Gasteiger partial charge >= 0.3 is 0 Å². The largest absolute Gasteiger partial charge is 0.355 e. The van der Waals surface area contributed by atoms with Crippen LogP contribution in [0.3, 0.4) is 0 Å². The number of nitrogens with one attached hydrogen (secondary N) is 1. The van der Waals surface area contributed by atoms with Gasteiger partial charge in [0.2, 0.25) is 0 Å². The number of aromatic nitrogens is 2. The van der Waals surface area contributed by atoms with E-state index >= 15 is 0 Å². The van der Waals surface area contributed by atoms with Crippen LogP contribution in [-0.4, -0.2) is 9.55 Å². The van der Waals surface area contributed by atoms with Crippen molar-refractivity contribution in [3.05, 3.63) is 115 Å². The van der Waals surface area contributed by atoms with Gasteiger partial charge in [0.25, 0.3) is 0 Å². The number of nitrogens with zero attached hydrogens (tertiary/aromatic N) is 1. The van der Waals surface area contributed by atoms with Crippen LogP contribution in [0, 0.1) is 0 Å². The van der Waals surface area contributed by atoms with Crippen molar-refractivity contribution in [2.45, 2.75) is 27.7 Å². The Labute approximate surface area is 212 Å². The lowest BCUT2D eigenvalue weighted by Gasteiger charge is -2.09. The maximum absolute atomic E-state index is 3.53. The summed E-state index contributed by atoms with van der Waals surface area (Å²) in [5, 5.41) is 5.09. The number of benzene rings is 5. The zero-order valence-corrected chi connectivity index (χ0v) is 21.4. The molecule has 0 fully saturated rings. The molecule has 178 valence electrons. The number of fused-ring (bicyclic) bond motifs is 6. The molecule has 0 amide bonds. The molecule has 1 N–H and O–H groups in total. The van der Waals surface area contributed by atoms with Crippen LogP contribution in [0.5, 0.6) is 0 Å². The molecular formula is C34H32N2. The van der Waals surface area contributed by atoms with Crippen molar-refractivity contribution in [1.82, 2.24) is 9.55 Å². The highest BCUT2D eigenvalue weighted by molar-refractivity contribution is 6.11. The fraction of sp³-hybridized carbons (Fsp3) is 0.118. The molecule has 0 aliphatic rings. The average molecular weight is 469 g/mol. The van der Waals surface area contributed by atoms with Crippen molar-refractivity contribution in [2.75, 3.05) is 0 Å². The van der Waals surface area contributed by atoms with Gasteiger partial charge in [-0.15, -0.1) is 0 Å². The zero-order valence-electron chi connectivity index (χ0n) is 21.4. The van der Waals surface area contributed by atoms with Gasteiger partial charge in [-0.2, -0.15) is 0 Å². The van der Waals surface area contributed by atoms with Gasteiger partial charge in [0.1, 0.15) is 0 Å². The van der Waals surface area contributed by atoms with E-state index in [4.69, 9.17) is 0 Å². The van der Waals surface area contributed by atoms with E-state index in [1.54, 1.807) is 0 Å². The van der Waals surface area contributed by atoms with Crippen LogP contribution in [-0.2, 0) is 0 Å². The van der Waals surface area contributed by atoms with Gasteiger partial charge in [-0.05, 0) is 53.6 Å². The zero-order chi connectivity index (χ0) is 25.1. The van der Waals surface area contributed by atoms with Crippen LogP contribution < -0.4 is 0 Å². The Morgan fingerprint density at radius 2 is 1.03 bits per heavy atom. The molecule has 5 aromatic carbocycles. The second-order valence-electron chi connectivity index (χ2n) is 8.35. The Kier molecular flexibility index (Phi) is 6.60. The van der Waals surface area contributed by atoms with Crippen LogP contribution >= 0.6 is 0 Å². The molecule has 0 saturated heterocycles. The summed E-state index contributed by atoms with van der Waals surface area (Å²) in [5.74, 6) is 0. The molecule has 2 nitrogen and oxygen atoms in total. The van der Waals surface area contributed by atoms with Crippen molar-refractivity contribution in [1.29, 1.82) is 0 Å². The molecule has 2 aromatic heterocycles. The number of para-hydroxylation sites is 3. The van der Waals surface area contributed by atoms with E-state index in [0.717, 1.165) is 0 Å². The molecule has 0 bridgehead atoms. The Hall–Kier alpha value is -4.30. The third-order valence-electron chi connectivity index (χ3n) is 6.53. The van der Waals surface area contributed by atoms with Crippen LogP contribution in [0.4, 0.5) is 0 Å². The molecule has 7 aromatic rings. The first-order chi connectivity index (χ1) is 17.9. The van der Waals surface area contributed by atoms with E-state index in [1.165, 1.54) is 60.4 Å². The number of rotatable bonds is 2. The summed E-state index contributed by atoms with van der Waals surface area (Å²) in [6.45, 7) is 8.00. The Morgan fingerprint density at radius 3 is 1.83 bits per heavy atom. The van der Waals surface area contributed by atoms with Crippen molar-refractivity contribution in [3.63, 3.8) is 0 Å². The van der Waals surface area contributed by atoms with Crippen LogP contribution in [0.2, 0.25) is 0 Å². The average Bonchev–Trinajstić information content (AvgIpc) is 3.50. The predicted molar refractivity (Wildman–Crippen MR) is 158 cm³/mol. The fourth-order valence-electron chi connectivity index (χ4n) is 5.03. The van der Waals surface area contributed by atoms with Crippen molar-refractivity contribution >= 4 is 43.6 Å². The molecule has 0 unspecified atom stereocenters. The van der Waals surface area contributed by atoms with Crippen molar-refractivity contribution in [3.8, 4) is 16.8 Å². The lowest BCUT2D eigenvalue weighted by Crippen LogP contribution is -1.93. The normalized spacial score (nSPS) is 10.8. The third kappa shape index (κ3) is 3.85. The fourth-order valence-corrected chi connectivity index (χ4v) is 5.03. The van der Waals surface area contributed by atoms with Crippen LogP contribution in [0.25, 0.3) is 60.4 Å². The Balaban J connectivity index is 0.000000637. The number of H-pyrrole nitrogens is 1. The third-order valence-corrected chi connectivity index (χ3v) is 6.53. The van der Waals surface area contributed by atoms with Gasteiger partial charge in [-0.25, -0.2) is 0 Å². The van der Waals surface area contributed by atoms with E-state index in [9.17, 15) is 0 Å². The summed E-state index contributed by atoms with van der Waals surface area (Å²) >= 11 is 0. The van der Waals surface area contributed by atoms with E-state index < -0.39 is 0 Å². The highest BCUT2D eigenvalue weighted by atomic mass is 15.0. The summed E-state index contributed by atoms with van der Waals surface area (Å²) in [6.07, 6.45) is 0. The minimum atomic E-state index is 1.18. The Morgan fingerprint density at radius 1 is 0.444 bits per heavy atom. The smallest absolute Gasteiger partial charge is 0.0547 e. The second-order valence-corrected chi connectivity index (χ2v) is 8.35. The molecule has 0 aliphatic heterocycles. The summed E-state index contributed by atoms with van der Waals surface area (Å²) < 4.78 is 2.37. The molecule has 2 heterocycles. The highest BCUT2D eigenvalue weighted by Crippen LogP contribution is 2.36. The standard InChI is InChI=1S/C30H20N2.2C2H6/c1-2-8-22(9-3-1)32-29-13-7-5-11-24(29)25-16-14-21(19-30(25)32)20-15-17-28-26(18-20)23-10-4-6-12-27(23)31-28;2*1-2/h1-19,31H;2*1-2H3. The second kappa shape index (κ2) is 10.1. The van der Waals surface area contributed by atoms with Crippen LogP contribution in [0.1, 0.15) is 27.7 Å². The number of hydrogen-bond donors (Lipinski definition) is 1. The van der Waals surface area contributed by atoms with E-state index in [-0.39, 0.29) is 0 Å². The summed E-state index contributed by atoms with van der Waals surface area (Å²) in [4.78, 5) is 3.53. The Bertz CT molecular complexity index is 1770. The highest BCUT2D eigenvalue weighted by Gasteiger charge is 2.13. The molecule has 0 saturated carbocycles. The minimum absolute atomic E-state index is 1.18.